The van der Waals surface area contributed by atoms with Crippen molar-refractivity contribution >= 4 is 5.78 Å². The van der Waals surface area contributed by atoms with Crippen molar-refractivity contribution in [2.75, 3.05) is 0 Å². The highest BCUT2D eigenvalue weighted by Crippen LogP contribution is 2.09. The molecule has 2 rings (SSSR count). The third-order valence-corrected chi connectivity index (χ3v) is 3.15. The summed E-state index contributed by atoms with van der Waals surface area (Å²) in [5.74, 6) is -0.131. The summed E-state index contributed by atoms with van der Waals surface area (Å²) in [6.45, 7) is 5.54. The molecule has 5 heteroatoms. The zero-order valence-electron chi connectivity index (χ0n) is 12.4. The third kappa shape index (κ3) is 3.56. The molecule has 0 radical (unpaired) electrons. The van der Waals surface area contributed by atoms with Gasteiger partial charge in [-0.15, -0.1) is 0 Å². The van der Waals surface area contributed by atoms with Gasteiger partial charge in [0, 0.05) is 12.3 Å². The lowest BCUT2D eigenvalue weighted by molar-refractivity contribution is -0.117. The second-order valence-corrected chi connectivity index (χ2v) is 5.35. The molecule has 21 heavy (non-hydrogen) atoms. The number of carbonyl (C=O) groups is 1. The summed E-state index contributed by atoms with van der Waals surface area (Å²) in [6, 6.07) is 7.24. The van der Waals surface area contributed by atoms with Gasteiger partial charge in [-0.05, 0) is 26.3 Å². The topological polar surface area (TPSA) is 61.1 Å². The maximum atomic E-state index is 12.3. The van der Waals surface area contributed by atoms with E-state index in [2.05, 4.69) is 0 Å². The van der Waals surface area contributed by atoms with Crippen LogP contribution in [0.1, 0.15) is 23.6 Å². The number of hydrogen-bond acceptors (Lipinski definition) is 3. The second kappa shape index (κ2) is 5.91. The molecule has 2 aromatic rings. The monoisotopic (exact) mass is 286 g/mol. The number of rotatable bonds is 4. The number of hydrogen-bond donors (Lipinski definition) is 0. The molecule has 5 nitrogen and oxygen atoms in total. The Morgan fingerprint density at radius 2 is 1.71 bits per heavy atom. The van der Waals surface area contributed by atoms with Crippen LogP contribution in [0.15, 0.2) is 40.1 Å². The van der Waals surface area contributed by atoms with Crippen molar-refractivity contribution in [2.24, 2.45) is 0 Å². The Hall–Kier alpha value is -2.43. The fraction of sp³-hybridized carbons (Fsp3) is 0.312. The van der Waals surface area contributed by atoms with Gasteiger partial charge in [-0.2, -0.15) is 0 Å². The molecule has 0 aliphatic carbocycles. The van der Waals surface area contributed by atoms with Crippen LogP contribution in [-0.2, 0) is 17.9 Å². The quantitative estimate of drug-likeness (QED) is 0.850. The minimum atomic E-state index is -0.461. The van der Waals surface area contributed by atoms with Crippen LogP contribution >= 0.6 is 0 Å². The minimum absolute atomic E-state index is 0.0219. The maximum absolute atomic E-state index is 12.3. The first-order valence-electron chi connectivity index (χ1n) is 6.74. The van der Waals surface area contributed by atoms with Crippen molar-refractivity contribution in [3.8, 4) is 0 Å². The van der Waals surface area contributed by atoms with E-state index in [9.17, 15) is 14.4 Å². The van der Waals surface area contributed by atoms with Crippen LogP contribution in [0.5, 0.6) is 0 Å². The maximum Gasteiger partial charge on any atom is 0.331 e. The fourth-order valence-electron chi connectivity index (χ4n) is 2.41. The largest absolute Gasteiger partial charge is 0.331 e. The molecule has 0 atom stereocenters. The third-order valence-electron chi connectivity index (χ3n) is 3.15. The lowest BCUT2D eigenvalue weighted by Gasteiger charge is -2.10. The number of aryl methyl sites for hydroxylation is 2. The Morgan fingerprint density at radius 1 is 1.10 bits per heavy atom. The Bertz CT molecular complexity index is 780. The highest BCUT2D eigenvalue weighted by atomic mass is 16.2. The molecule has 0 unspecified atom stereocenters. The van der Waals surface area contributed by atoms with Crippen LogP contribution in [0.2, 0.25) is 0 Å². The highest BCUT2D eigenvalue weighted by molar-refractivity contribution is 5.75. The zero-order chi connectivity index (χ0) is 15.6. The number of carbonyl (C=O) groups excluding carboxylic acids is 1. The molecule has 0 aliphatic rings. The molecule has 0 amide bonds. The molecular weight excluding hydrogens is 268 g/mol. The second-order valence-electron chi connectivity index (χ2n) is 5.35. The highest BCUT2D eigenvalue weighted by Gasteiger charge is 2.08. The lowest BCUT2D eigenvalue weighted by atomic mass is 10.1. The number of benzene rings is 1. The van der Waals surface area contributed by atoms with Crippen LogP contribution in [0.25, 0.3) is 0 Å². The molecule has 1 heterocycles. The SMILES string of the molecule is CC(=O)Cn1ccc(=O)n(Cc2cc(C)cc(C)c2)c1=O. The molecule has 0 aliphatic heterocycles. The molecule has 1 aromatic carbocycles. The van der Waals surface area contributed by atoms with Gasteiger partial charge in [0.1, 0.15) is 5.78 Å². The van der Waals surface area contributed by atoms with E-state index in [0.717, 1.165) is 21.3 Å². The average Bonchev–Trinajstić information content (AvgIpc) is 2.36. The fourth-order valence-corrected chi connectivity index (χ4v) is 2.41. The summed E-state index contributed by atoms with van der Waals surface area (Å²) in [4.78, 5) is 35.4. The number of ketones is 1. The van der Waals surface area contributed by atoms with Crippen LogP contribution in [0.3, 0.4) is 0 Å². The van der Waals surface area contributed by atoms with Crippen LogP contribution in [-0.4, -0.2) is 14.9 Å². The van der Waals surface area contributed by atoms with Gasteiger partial charge < -0.3 is 0 Å². The van der Waals surface area contributed by atoms with Crippen LogP contribution in [0.4, 0.5) is 0 Å². The van der Waals surface area contributed by atoms with Crippen molar-refractivity contribution < 1.29 is 4.79 Å². The van der Waals surface area contributed by atoms with Crippen molar-refractivity contribution in [1.29, 1.82) is 0 Å². The minimum Gasteiger partial charge on any atom is -0.298 e. The summed E-state index contributed by atoms with van der Waals surface area (Å²) in [7, 11) is 0. The molecular formula is C16H18N2O3. The van der Waals surface area contributed by atoms with E-state index in [0.29, 0.717) is 0 Å². The average molecular weight is 286 g/mol. The molecule has 0 N–H and O–H groups in total. The number of aromatic nitrogens is 2. The van der Waals surface area contributed by atoms with Crippen molar-refractivity contribution in [1.82, 2.24) is 9.13 Å². The van der Waals surface area contributed by atoms with Gasteiger partial charge in [0.25, 0.3) is 5.56 Å². The normalized spacial score (nSPS) is 10.6. The molecule has 0 saturated heterocycles. The molecule has 0 spiro atoms. The predicted octanol–water partition coefficient (Wildman–Crippen LogP) is 1.26. The van der Waals surface area contributed by atoms with Crippen molar-refractivity contribution in [3.63, 3.8) is 0 Å². The van der Waals surface area contributed by atoms with E-state index in [-0.39, 0.29) is 24.4 Å². The summed E-state index contributed by atoms with van der Waals surface area (Å²) in [6.07, 6.45) is 1.37. The van der Waals surface area contributed by atoms with Crippen molar-refractivity contribution in [2.45, 2.75) is 33.9 Å². The zero-order valence-corrected chi connectivity index (χ0v) is 12.4. The van der Waals surface area contributed by atoms with E-state index in [1.54, 1.807) is 0 Å². The van der Waals surface area contributed by atoms with E-state index in [1.807, 2.05) is 32.0 Å². The molecule has 0 fully saturated rings. The van der Waals surface area contributed by atoms with Gasteiger partial charge in [-0.1, -0.05) is 29.3 Å². The first-order valence-corrected chi connectivity index (χ1v) is 6.74. The van der Waals surface area contributed by atoms with E-state index in [1.165, 1.54) is 23.8 Å². The standard InChI is InChI=1S/C16H18N2O3/c1-11-6-12(2)8-14(7-11)10-18-15(20)4-5-17(16(18)21)9-13(3)19/h4-8H,9-10H2,1-3H3. The smallest absolute Gasteiger partial charge is 0.298 e. The molecule has 1 aromatic heterocycles. The number of nitrogens with zero attached hydrogens (tertiary/aromatic N) is 2. The first-order chi connectivity index (χ1) is 9.86. The Balaban J connectivity index is 2.46. The summed E-state index contributed by atoms with van der Waals surface area (Å²) in [5, 5.41) is 0. The van der Waals surface area contributed by atoms with Gasteiger partial charge in [0.15, 0.2) is 0 Å². The first kappa shape index (κ1) is 15.0. The van der Waals surface area contributed by atoms with E-state index in [4.69, 9.17) is 0 Å². The number of Topliss-reactive ketones (excluding diaryl/α,β-unsaturated/α-hetero) is 1. The summed E-state index contributed by atoms with van der Waals surface area (Å²) >= 11 is 0. The van der Waals surface area contributed by atoms with Gasteiger partial charge in [0.2, 0.25) is 0 Å². The van der Waals surface area contributed by atoms with Gasteiger partial charge in [0.05, 0.1) is 13.1 Å². The van der Waals surface area contributed by atoms with E-state index >= 15 is 0 Å². The molecule has 0 saturated carbocycles. The van der Waals surface area contributed by atoms with Crippen LogP contribution in [0, 0.1) is 13.8 Å². The predicted molar refractivity (Wildman–Crippen MR) is 80.7 cm³/mol. The van der Waals surface area contributed by atoms with Crippen LogP contribution < -0.4 is 11.2 Å². The lowest BCUT2D eigenvalue weighted by Crippen LogP contribution is -2.40. The van der Waals surface area contributed by atoms with Crippen molar-refractivity contribution in [3.05, 3.63) is 68.0 Å². The van der Waals surface area contributed by atoms with Gasteiger partial charge in [-0.3, -0.25) is 18.7 Å². The summed E-state index contributed by atoms with van der Waals surface area (Å²) < 4.78 is 2.41. The Kier molecular flexibility index (Phi) is 4.21. The Morgan fingerprint density at radius 3 is 2.29 bits per heavy atom. The van der Waals surface area contributed by atoms with Gasteiger partial charge >= 0.3 is 5.69 Å². The Labute approximate surface area is 122 Å². The summed E-state index contributed by atoms with van der Waals surface area (Å²) in [5.41, 5.74) is 2.24. The van der Waals surface area contributed by atoms with E-state index < -0.39 is 5.69 Å². The molecule has 110 valence electrons. The molecule has 0 bridgehead atoms. The van der Waals surface area contributed by atoms with Gasteiger partial charge in [-0.25, -0.2) is 4.79 Å².